The molecule has 0 N–H and O–H groups in total. The SMILES string of the molecule is Cc1noc(C)c1C(=O)N1CCC2(CC(N(C)c3ccncn3)C2)C1. The van der Waals surface area contributed by atoms with Crippen molar-refractivity contribution in [2.24, 2.45) is 5.41 Å². The molecular weight excluding hydrogens is 318 g/mol. The summed E-state index contributed by atoms with van der Waals surface area (Å²) < 4.78 is 5.15. The number of hydrogen-bond donors (Lipinski definition) is 0. The normalized spacial score (nSPS) is 25.2. The maximum absolute atomic E-state index is 12.8. The van der Waals surface area contributed by atoms with Gasteiger partial charge < -0.3 is 14.3 Å². The molecule has 2 fully saturated rings. The van der Waals surface area contributed by atoms with Gasteiger partial charge in [0, 0.05) is 32.4 Å². The summed E-state index contributed by atoms with van der Waals surface area (Å²) in [5.41, 5.74) is 1.56. The molecule has 1 saturated heterocycles. The first-order chi connectivity index (χ1) is 12.0. The third kappa shape index (κ3) is 2.67. The average Bonchev–Trinajstić information content (AvgIpc) is 3.17. The molecule has 2 aromatic heterocycles. The highest BCUT2D eigenvalue weighted by Crippen LogP contribution is 2.50. The van der Waals surface area contributed by atoms with Crippen LogP contribution in [0, 0.1) is 19.3 Å². The number of hydrogen-bond acceptors (Lipinski definition) is 6. The molecule has 7 nitrogen and oxygen atoms in total. The van der Waals surface area contributed by atoms with Gasteiger partial charge in [0.25, 0.3) is 5.91 Å². The Morgan fingerprint density at radius 2 is 2.20 bits per heavy atom. The van der Waals surface area contributed by atoms with Crippen molar-refractivity contribution in [3.05, 3.63) is 35.6 Å². The van der Waals surface area contributed by atoms with Crippen LogP contribution in [0.15, 0.2) is 23.1 Å². The minimum absolute atomic E-state index is 0.0562. The van der Waals surface area contributed by atoms with Gasteiger partial charge in [0.05, 0.1) is 5.69 Å². The predicted molar refractivity (Wildman–Crippen MR) is 92.4 cm³/mol. The molecule has 25 heavy (non-hydrogen) atoms. The number of nitrogens with zero attached hydrogens (tertiary/aromatic N) is 5. The van der Waals surface area contributed by atoms with E-state index in [0.29, 0.717) is 23.1 Å². The highest BCUT2D eigenvalue weighted by molar-refractivity contribution is 5.96. The lowest BCUT2D eigenvalue weighted by Gasteiger charge is -2.49. The molecule has 1 saturated carbocycles. The Hall–Kier alpha value is -2.44. The zero-order valence-electron chi connectivity index (χ0n) is 14.9. The zero-order chi connectivity index (χ0) is 17.6. The fourth-order valence-electron chi connectivity index (χ4n) is 4.28. The van der Waals surface area contributed by atoms with Crippen LogP contribution in [-0.4, -0.2) is 52.1 Å². The molecule has 132 valence electrons. The quantitative estimate of drug-likeness (QED) is 0.852. The van der Waals surface area contributed by atoms with Crippen molar-refractivity contribution in [3.63, 3.8) is 0 Å². The van der Waals surface area contributed by atoms with Crippen molar-refractivity contribution in [3.8, 4) is 0 Å². The summed E-state index contributed by atoms with van der Waals surface area (Å²) in [6.45, 7) is 5.26. The van der Waals surface area contributed by atoms with Crippen LogP contribution in [0.3, 0.4) is 0 Å². The Kier molecular flexibility index (Phi) is 3.74. The summed E-state index contributed by atoms with van der Waals surface area (Å²) >= 11 is 0. The molecule has 3 heterocycles. The van der Waals surface area contributed by atoms with E-state index in [1.54, 1.807) is 19.4 Å². The highest BCUT2D eigenvalue weighted by Gasteiger charge is 2.51. The van der Waals surface area contributed by atoms with E-state index >= 15 is 0 Å². The Morgan fingerprint density at radius 3 is 2.84 bits per heavy atom. The van der Waals surface area contributed by atoms with Crippen molar-refractivity contribution in [2.45, 2.75) is 39.2 Å². The molecule has 0 atom stereocenters. The van der Waals surface area contributed by atoms with Gasteiger partial charge in [0.1, 0.15) is 23.5 Å². The number of aryl methyl sites for hydroxylation is 2. The largest absolute Gasteiger partial charge is 0.361 e. The van der Waals surface area contributed by atoms with E-state index < -0.39 is 0 Å². The first kappa shape index (κ1) is 16.1. The van der Waals surface area contributed by atoms with E-state index in [1.807, 2.05) is 17.9 Å². The second-order valence-corrected chi connectivity index (χ2v) is 7.42. The van der Waals surface area contributed by atoms with Gasteiger partial charge in [0.2, 0.25) is 0 Å². The molecule has 1 amide bonds. The Morgan fingerprint density at radius 1 is 1.40 bits per heavy atom. The van der Waals surface area contributed by atoms with Crippen LogP contribution >= 0.6 is 0 Å². The first-order valence-electron chi connectivity index (χ1n) is 8.70. The Bertz CT molecular complexity index is 763. The van der Waals surface area contributed by atoms with Crippen molar-refractivity contribution in [1.29, 1.82) is 0 Å². The van der Waals surface area contributed by atoms with Crippen LogP contribution < -0.4 is 4.90 Å². The number of amides is 1. The molecule has 0 unspecified atom stereocenters. The van der Waals surface area contributed by atoms with Gasteiger partial charge in [-0.1, -0.05) is 5.16 Å². The second kappa shape index (κ2) is 5.82. The Balaban J connectivity index is 1.40. The molecule has 1 spiro atoms. The summed E-state index contributed by atoms with van der Waals surface area (Å²) in [6.07, 6.45) is 6.61. The van der Waals surface area contributed by atoms with Crippen molar-refractivity contribution in [2.75, 3.05) is 25.0 Å². The minimum atomic E-state index is 0.0562. The first-order valence-corrected chi connectivity index (χ1v) is 8.70. The van der Waals surface area contributed by atoms with E-state index in [4.69, 9.17) is 4.52 Å². The molecule has 4 rings (SSSR count). The van der Waals surface area contributed by atoms with Gasteiger partial charge in [0.15, 0.2) is 0 Å². The van der Waals surface area contributed by atoms with Crippen LogP contribution in [0.2, 0.25) is 0 Å². The standard InChI is InChI=1S/C18H23N5O2/c1-12-16(13(2)25-21-12)17(24)23-7-5-18(10-23)8-14(9-18)22(3)15-4-6-19-11-20-15/h4,6,11,14H,5,7-10H2,1-3H3. The summed E-state index contributed by atoms with van der Waals surface area (Å²) in [7, 11) is 2.08. The summed E-state index contributed by atoms with van der Waals surface area (Å²) in [4.78, 5) is 25.3. The fourth-order valence-corrected chi connectivity index (χ4v) is 4.28. The Labute approximate surface area is 147 Å². The van der Waals surface area contributed by atoms with E-state index in [1.165, 1.54) is 0 Å². The number of likely N-dealkylation sites (tertiary alicyclic amines) is 1. The molecule has 0 radical (unpaired) electrons. The zero-order valence-corrected chi connectivity index (χ0v) is 14.9. The maximum atomic E-state index is 12.8. The third-order valence-electron chi connectivity index (χ3n) is 5.79. The van der Waals surface area contributed by atoms with E-state index in [0.717, 1.165) is 38.2 Å². The van der Waals surface area contributed by atoms with Crippen LogP contribution in [0.1, 0.15) is 41.1 Å². The average molecular weight is 341 g/mol. The molecule has 1 aliphatic carbocycles. The molecule has 1 aliphatic heterocycles. The number of anilines is 1. The van der Waals surface area contributed by atoms with Gasteiger partial charge in [-0.2, -0.15) is 0 Å². The fraction of sp³-hybridized carbons (Fsp3) is 0.556. The number of rotatable bonds is 3. The van der Waals surface area contributed by atoms with Crippen molar-refractivity contribution >= 4 is 11.7 Å². The molecule has 0 bridgehead atoms. The smallest absolute Gasteiger partial charge is 0.259 e. The number of carbonyl (C=O) groups excluding carboxylic acids is 1. The van der Waals surface area contributed by atoms with Crippen LogP contribution in [0.25, 0.3) is 0 Å². The molecule has 2 aliphatic rings. The van der Waals surface area contributed by atoms with Gasteiger partial charge in [-0.3, -0.25) is 4.79 Å². The lowest BCUT2D eigenvalue weighted by Crippen LogP contribution is -2.51. The summed E-state index contributed by atoms with van der Waals surface area (Å²) in [5.74, 6) is 1.62. The summed E-state index contributed by atoms with van der Waals surface area (Å²) in [6, 6.07) is 2.41. The van der Waals surface area contributed by atoms with E-state index in [-0.39, 0.29) is 11.3 Å². The molecule has 2 aromatic rings. The molecule has 7 heteroatoms. The lowest BCUT2D eigenvalue weighted by atomic mass is 9.64. The highest BCUT2D eigenvalue weighted by atomic mass is 16.5. The van der Waals surface area contributed by atoms with Crippen LogP contribution in [0.5, 0.6) is 0 Å². The van der Waals surface area contributed by atoms with Gasteiger partial charge >= 0.3 is 0 Å². The second-order valence-electron chi connectivity index (χ2n) is 7.42. The van der Waals surface area contributed by atoms with E-state index in [9.17, 15) is 4.79 Å². The summed E-state index contributed by atoms with van der Waals surface area (Å²) in [5, 5.41) is 3.91. The third-order valence-corrected chi connectivity index (χ3v) is 5.79. The topological polar surface area (TPSA) is 75.4 Å². The lowest BCUT2D eigenvalue weighted by molar-refractivity contribution is 0.0696. The molecular formula is C18H23N5O2. The number of carbonyl (C=O) groups is 1. The van der Waals surface area contributed by atoms with Crippen LogP contribution in [-0.2, 0) is 0 Å². The van der Waals surface area contributed by atoms with Crippen molar-refractivity contribution < 1.29 is 9.32 Å². The maximum Gasteiger partial charge on any atom is 0.259 e. The van der Waals surface area contributed by atoms with Gasteiger partial charge in [-0.15, -0.1) is 0 Å². The monoisotopic (exact) mass is 341 g/mol. The van der Waals surface area contributed by atoms with E-state index in [2.05, 4.69) is 27.1 Å². The predicted octanol–water partition coefficient (Wildman–Crippen LogP) is 2.21. The minimum Gasteiger partial charge on any atom is -0.361 e. The molecule has 0 aromatic carbocycles. The van der Waals surface area contributed by atoms with Gasteiger partial charge in [-0.05, 0) is 44.6 Å². The van der Waals surface area contributed by atoms with Crippen LogP contribution in [0.4, 0.5) is 5.82 Å². The van der Waals surface area contributed by atoms with Crippen molar-refractivity contribution in [1.82, 2.24) is 20.0 Å². The van der Waals surface area contributed by atoms with Gasteiger partial charge in [-0.25, -0.2) is 9.97 Å². The number of aromatic nitrogens is 3.